The van der Waals surface area contributed by atoms with Crippen LogP contribution in [-0.4, -0.2) is 11.1 Å². The van der Waals surface area contributed by atoms with Crippen LogP contribution in [0.1, 0.15) is 28.1 Å². The maximum absolute atomic E-state index is 12.3. The van der Waals surface area contributed by atoms with Crippen molar-refractivity contribution in [2.24, 2.45) is 0 Å². The Labute approximate surface area is 169 Å². The van der Waals surface area contributed by atoms with Gasteiger partial charge in [-0.05, 0) is 43.2 Å². The van der Waals surface area contributed by atoms with E-state index in [2.05, 4.69) is 10.5 Å². The second-order valence-electron chi connectivity index (χ2n) is 6.50. The third kappa shape index (κ3) is 5.33. The first-order chi connectivity index (χ1) is 14.1. The highest BCUT2D eigenvalue weighted by molar-refractivity contribution is 6.01. The summed E-state index contributed by atoms with van der Waals surface area (Å²) in [6.07, 6.45) is 1.55. The fraction of sp³-hybridized carbons (Fsp3) is 0.174. The Morgan fingerprint density at radius 1 is 1.17 bits per heavy atom. The molecule has 0 spiro atoms. The molecule has 1 heterocycles. The van der Waals surface area contributed by atoms with Crippen molar-refractivity contribution >= 4 is 12.0 Å². The minimum Gasteiger partial charge on any atom is -0.489 e. The maximum atomic E-state index is 12.3. The summed E-state index contributed by atoms with van der Waals surface area (Å²) in [5.74, 6) is 1.01. The van der Waals surface area contributed by atoms with Crippen LogP contribution in [0.3, 0.4) is 0 Å². The van der Waals surface area contributed by atoms with Gasteiger partial charge in [-0.1, -0.05) is 47.6 Å². The van der Waals surface area contributed by atoms with Gasteiger partial charge in [0.15, 0.2) is 0 Å². The summed E-state index contributed by atoms with van der Waals surface area (Å²) in [5, 5.41) is 16.0. The topological polar surface area (TPSA) is 88.2 Å². The number of aryl methyl sites for hydroxylation is 2. The zero-order valence-corrected chi connectivity index (χ0v) is 16.3. The standard InChI is InChI=1S/C23H21N3O3/c1-16-22(17(2)29-26-16)15-28-21-10-8-18(9-11-21)12-20(13-24)23(27)25-14-19-6-4-3-5-7-19/h3-12H,14-15H2,1-2H3,(H,25,27)/b20-12+. The molecular formula is C23H21N3O3. The molecule has 0 unspecified atom stereocenters. The van der Waals surface area contributed by atoms with Gasteiger partial charge in [-0.25, -0.2) is 0 Å². The highest BCUT2D eigenvalue weighted by atomic mass is 16.5. The fourth-order valence-electron chi connectivity index (χ4n) is 2.71. The predicted octanol–water partition coefficient (Wildman–Crippen LogP) is 4.09. The van der Waals surface area contributed by atoms with Crippen molar-refractivity contribution in [3.8, 4) is 11.8 Å². The number of nitrogens with one attached hydrogen (secondary N) is 1. The van der Waals surface area contributed by atoms with E-state index in [1.165, 1.54) is 0 Å². The van der Waals surface area contributed by atoms with Crippen LogP contribution in [0.15, 0.2) is 64.7 Å². The summed E-state index contributed by atoms with van der Waals surface area (Å²) >= 11 is 0. The van der Waals surface area contributed by atoms with Crippen LogP contribution >= 0.6 is 0 Å². The average molecular weight is 387 g/mol. The SMILES string of the molecule is Cc1noc(C)c1COc1ccc(/C=C(\C#N)C(=O)NCc2ccccc2)cc1. The Morgan fingerprint density at radius 2 is 1.90 bits per heavy atom. The highest BCUT2D eigenvalue weighted by Gasteiger charge is 2.10. The van der Waals surface area contributed by atoms with E-state index in [1.807, 2.05) is 50.2 Å². The molecule has 0 aliphatic rings. The van der Waals surface area contributed by atoms with Gasteiger partial charge in [0.1, 0.15) is 29.8 Å². The van der Waals surface area contributed by atoms with Gasteiger partial charge >= 0.3 is 0 Å². The van der Waals surface area contributed by atoms with Gasteiger partial charge in [-0.15, -0.1) is 0 Å². The van der Waals surface area contributed by atoms with Crippen molar-refractivity contribution in [2.45, 2.75) is 27.0 Å². The molecule has 6 heteroatoms. The van der Waals surface area contributed by atoms with Gasteiger partial charge in [0.2, 0.25) is 0 Å². The summed E-state index contributed by atoms with van der Waals surface area (Å²) in [5.41, 5.74) is 3.49. The first kappa shape index (κ1) is 19.9. The van der Waals surface area contributed by atoms with E-state index in [-0.39, 0.29) is 5.57 Å². The van der Waals surface area contributed by atoms with Crippen LogP contribution in [0, 0.1) is 25.2 Å². The van der Waals surface area contributed by atoms with Crippen molar-refractivity contribution < 1.29 is 14.1 Å². The molecular weight excluding hydrogens is 366 g/mol. The minimum absolute atomic E-state index is 0.0466. The summed E-state index contributed by atoms with van der Waals surface area (Å²) in [4.78, 5) is 12.3. The molecule has 0 fully saturated rings. The van der Waals surface area contributed by atoms with Gasteiger partial charge in [0.05, 0.1) is 11.3 Å². The molecule has 0 aliphatic heterocycles. The molecule has 0 aliphatic carbocycles. The van der Waals surface area contributed by atoms with Gasteiger partial charge in [-0.2, -0.15) is 5.26 Å². The van der Waals surface area contributed by atoms with Crippen LogP contribution in [-0.2, 0) is 17.9 Å². The molecule has 3 rings (SSSR count). The Morgan fingerprint density at radius 3 is 2.52 bits per heavy atom. The zero-order valence-electron chi connectivity index (χ0n) is 16.3. The van der Waals surface area contributed by atoms with Crippen LogP contribution in [0.25, 0.3) is 6.08 Å². The van der Waals surface area contributed by atoms with Crippen molar-refractivity contribution in [3.63, 3.8) is 0 Å². The summed E-state index contributed by atoms with van der Waals surface area (Å²) in [6, 6.07) is 18.7. The van der Waals surface area contributed by atoms with E-state index in [0.29, 0.717) is 18.9 Å². The number of aromatic nitrogens is 1. The number of nitriles is 1. The van der Waals surface area contributed by atoms with Gasteiger partial charge in [0, 0.05) is 6.54 Å². The average Bonchev–Trinajstić information content (AvgIpc) is 3.07. The van der Waals surface area contributed by atoms with E-state index >= 15 is 0 Å². The lowest BCUT2D eigenvalue weighted by atomic mass is 10.1. The number of rotatable bonds is 7. The molecule has 6 nitrogen and oxygen atoms in total. The number of nitrogens with zero attached hydrogens (tertiary/aromatic N) is 2. The third-order valence-corrected chi connectivity index (χ3v) is 4.42. The lowest BCUT2D eigenvalue weighted by Crippen LogP contribution is -2.23. The molecule has 2 aromatic carbocycles. The molecule has 146 valence electrons. The molecule has 0 bridgehead atoms. The summed E-state index contributed by atoms with van der Waals surface area (Å²) in [6.45, 7) is 4.45. The zero-order chi connectivity index (χ0) is 20.6. The number of carbonyl (C=O) groups is 1. The lowest BCUT2D eigenvalue weighted by Gasteiger charge is -2.07. The van der Waals surface area contributed by atoms with Crippen LogP contribution < -0.4 is 10.1 Å². The fourth-order valence-corrected chi connectivity index (χ4v) is 2.71. The van der Waals surface area contributed by atoms with Gasteiger partial charge in [-0.3, -0.25) is 4.79 Å². The number of hydrogen-bond acceptors (Lipinski definition) is 5. The second-order valence-corrected chi connectivity index (χ2v) is 6.50. The van der Waals surface area contributed by atoms with E-state index < -0.39 is 5.91 Å². The van der Waals surface area contributed by atoms with Crippen molar-refractivity contribution in [2.75, 3.05) is 0 Å². The monoisotopic (exact) mass is 387 g/mol. The summed E-state index contributed by atoms with van der Waals surface area (Å²) in [7, 11) is 0. The number of ether oxygens (including phenoxy) is 1. The van der Waals surface area contributed by atoms with Crippen molar-refractivity contribution in [1.82, 2.24) is 10.5 Å². The predicted molar refractivity (Wildman–Crippen MR) is 109 cm³/mol. The number of amides is 1. The maximum Gasteiger partial charge on any atom is 0.262 e. The van der Waals surface area contributed by atoms with Crippen molar-refractivity contribution in [1.29, 1.82) is 5.26 Å². The normalized spacial score (nSPS) is 11.0. The molecule has 0 atom stereocenters. The first-order valence-corrected chi connectivity index (χ1v) is 9.15. The van der Waals surface area contributed by atoms with Gasteiger partial charge in [0.25, 0.3) is 5.91 Å². The van der Waals surface area contributed by atoms with E-state index in [1.54, 1.807) is 30.3 Å². The number of benzene rings is 2. The molecule has 29 heavy (non-hydrogen) atoms. The molecule has 1 aromatic heterocycles. The number of carbonyl (C=O) groups excluding carboxylic acids is 1. The van der Waals surface area contributed by atoms with E-state index in [0.717, 1.165) is 28.1 Å². The molecule has 1 amide bonds. The quantitative estimate of drug-likeness (QED) is 0.487. The van der Waals surface area contributed by atoms with Crippen molar-refractivity contribution in [3.05, 3.63) is 88.3 Å². The molecule has 0 saturated heterocycles. The lowest BCUT2D eigenvalue weighted by molar-refractivity contribution is -0.117. The van der Waals surface area contributed by atoms with Crippen LogP contribution in [0.4, 0.5) is 0 Å². The summed E-state index contributed by atoms with van der Waals surface area (Å²) < 4.78 is 10.9. The van der Waals surface area contributed by atoms with Crippen LogP contribution in [0.5, 0.6) is 5.75 Å². The third-order valence-electron chi connectivity index (χ3n) is 4.42. The minimum atomic E-state index is -0.407. The Balaban J connectivity index is 1.61. The molecule has 3 aromatic rings. The smallest absolute Gasteiger partial charge is 0.262 e. The van der Waals surface area contributed by atoms with E-state index in [9.17, 15) is 10.1 Å². The number of hydrogen-bond donors (Lipinski definition) is 1. The highest BCUT2D eigenvalue weighted by Crippen LogP contribution is 2.19. The molecule has 0 radical (unpaired) electrons. The van der Waals surface area contributed by atoms with E-state index in [4.69, 9.17) is 9.26 Å². The molecule has 0 saturated carbocycles. The molecule has 1 N–H and O–H groups in total. The Bertz CT molecular complexity index is 1030. The second kappa shape index (κ2) is 9.38. The Kier molecular flexibility index (Phi) is 6.43. The largest absolute Gasteiger partial charge is 0.489 e. The van der Waals surface area contributed by atoms with Crippen LogP contribution in [0.2, 0.25) is 0 Å². The Hall–Kier alpha value is -3.85. The van der Waals surface area contributed by atoms with Gasteiger partial charge < -0.3 is 14.6 Å². The first-order valence-electron chi connectivity index (χ1n) is 9.15.